The van der Waals surface area contributed by atoms with Crippen LogP contribution in [0.15, 0.2) is 60.7 Å². The fraction of sp³-hybridized carbons (Fsp3) is 0.250. The number of carbonyl (C=O) groups is 1. The van der Waals surface area contributed by atoms with Crippen molar-refractivity contribution < 1.29 is 4.79 Å². The lowest BCUT2D eigenvalue weighted by atomic mass is 9.99. The summed E-state index contributed by atoms with van der Waals surface area (Å²) in [6.07, 6.45) is 2.22. The summed E-state index contributed by atoms with van der Waals surface area (Å²) in [6.45, 7) is 4.11. The van der Waals surface area contributed by atoms with Crippen molar-refractivity contribution in [2.75, 3.05) is 23.3 Å². The van der Waals surface area contributed by atoms with Crippen LogP contribution in [-0.2, 0) is 0 Å². The highest BCUT2D eigenvalue weighted by atomic mass is 16.1. The molecule has 1 aliphatic heterocycles. The molecule has 6 nitrogen and oxygen atoms in total. The van der Waals surface area contributed by atoms with Crippen LogP contribution in [-0.4, -0.2) is 29.0 Å². The van der Waals surface area contributed by atoms with E-state index in [4.69, 9.17) is 10.2 Å². The zero-order valence-electron chi connectivity index (χ0n) is 16.9. The molecular formula is C24H23N5O. The van der Waals surface area contributed by atoms with Gasteiger partial charge in [0.2, 0.25) is 0 Å². The molecule has 30 heavy (non-hydrogen) atoms. The number of carbonyl (C=O) groups excluding carboxylic acids is 1. The van der Waals surface area contributed by atoms with Gasteiger partial charge in [0, 0.05) is 30.4 Å². The molecule has 0 radical (unpaired) electrons. The Labute approximate surface area is 176 Å². The Bertz CT molecular complexity index is 1070. The maximum absolute atomic E-state index is 13.0. The maximum Gasteiger partial charge on any atom is 0.274 e. The summed E-state index contributed by atoms with van der Waals surface area (Å²) in [4.78, 5) is 24.5. The number of nitrogens with one attached hydrogen (secondary N) is 1. The van der Waals surface area contributed by atoms with Gasteiger partial charge in [0.15, 0.2) is 5.82 Å². The van der Waals surface area contributed by atoms with E-state index >= 15 is 0 Å². The van der Waals surface area contributed by atoms with E-state index in [1.807, 2.05) is 30.3 Å². The molecule has 0 atom stereocenters. The van der Waals surface area contributed by atoms with E-state index in [0.29, 0.717) is 28.7 Å². The third kappa shape index (κ3) is 4.47. The number of aromatic nitrogens is 2. The number of amides is 1. The minimum atomic E-state index is -0.300. The number of hydrogen-bond donors (Lipinski definition) is 1. The average molecular weight is 397 g/mol. The van der Waals surface area contributed by atoms with Crippen molar-refractivity contribution in [2.24, 2.45) is 5.92 Å². The van der Waals surface area contributed by atoms with Crippen LogP contribution in [0.4, 0.5) is 11.5 Å². The molecular weight excluding hydrogens is 374 g/mol. The van der Waals surface area contributed by atoms with Crippen molar-refractivity contribution in [2.45, 2.75) is 19.8 Å². The van der Waals surface area contributed by atoms with E-state index in [2.05, 4.69) is 28.2 Å². The Morgan fingerprint density at radius 3 is 2.43 bits per heavy atom. The highest BCUT2D eigenvalue weighted by molar-refractivity contribution is 6.03. The predicted molar refractivity (Wildman–Crippen MR) is 117 cm³/mol. The number of rotatable bonds is 4. The molecule has 2 heterocycles. The average Bonchev–Trinajstić information content (AvgIpc) is 2.80. The van der Waals surface area contributed by atoms with Gasteiger partial charge in [-0.3, -0.25) is 4.79 Å². The number of nitriles is 1. The second-order valence-corrected chi connectivity index (χ2v) is 7.61. The predicted octanol–water partition coefficient (Wildman–Crippen LogP) is 4.50. The standard InChI is InChI=1S/C24H23N5O/c1-17-11-13-29(14-12-17)22-15-21(27-23(28-22)19-5-3-2-4-6-19)24(30)26-20-9-7-18(16-25)8-10-20/h2-10,15,17H,11-14H2,1H3,(H,26,30). The Morgan fingerprint density at radius 1 is 1.07 bits per heavy atom. The van der Waals surface area contributed by atoms with E-state index in [9.17, 15) is 4.79 Å². The van der Waals surface area contributed by atoms with Gasteiger partial charge in [-0.15, -0.1) is 0 Å². The van der Waals surface area contributed by atoms with Crippen LogP contribution < -0.4 is 10.2 Å². The summed E-state index contributed by atoms with van der Waals surface area (Å²) >= 11 is 0. The maximum atomic E-state index is 13.0. The molecule has 1 amide bonds. The molecule has 0 unspecified atom stereocenters. The summed E-state index contributed by atoms with van der Waals surface area (Å²) in [5.74, 6) is 1.72. The SMILES string of the molecule is CC1CCN(c2cc(C(=O)Nc3ccc(C#N)cc3)nc(-c3ccccc3)n2)CC1. The lowest BCUT2D eigenvalue weighted by Gasteiger charge is -2.31. The Kier molecular flexibility index (Phi) is 5.71. The molecule has 0 bridgehead atoms. The van der Waals surface area contributed by atoms with Crippen LogP contribution in [0.3, 0.4) is 0 Å². The highest BCUT2D eigenvalue weighted by Gasteiger charge is 2.20. The lowest BCUT2D eigenvalue weighted by Crippen LogP contribution is -2.33. The third-order valence-electron chi connectivity index (χ3n) is 5.36. The van der Waals surface area contributed by atoms with E-state index in [0.717, 1.165) is 37.3 Å². The van der Waals surface area contributed by atoms with Gasteiger partial charge in [-0.05, 0) is 43.0 Å². The minimum Gasteiger partial charge on any atom is -0.356 e. The van der Waals surface area contributed by atoms with E-state index in [1.54, 1.807) is 30.3 Å². The molecule has 2 aromatic carbocycles. The molecule has 1 aliphatic rings. The molecule has 0 spiro atoms. The van der Waals surface area contributed by atoms with Crippen molar-refractivity contribution in [3.8, 4) is 17.5 Å². The zero-order chi connectivity index (χ0) is 20.9. The summed E-state index contributed by atoms with van der Waals surface area (Å²) in [7, 11) is 0. The summed E-state index contributed by atoms with van der Waals surface area (Å²) < 4.78 is 0. The largest absolute Gasteiger partial charge is 0.356 e. The minimum absolute atomic E-state index is 0.300. The smallest absolute Gasteiger partial charge is 0.274 e. The van der Waals surface area contributed by atoms with Gasteiger partial charge in [-0.1, -0.05) is 37.3 Å². The molecule has 1 saturated heterocycles. The first kappa shape index (κ1) is 19.6. The van der Waals surface area contributed by atoms with Crippen molar-refractivity contribution in [1.82, 2.24) is 9.97 Å². The molecule has 0 aliphatic carbocycles. The van der Waals surface area contributed by atoms with Gasteiger partial charge in [-0.2, -0.15) is 5.26 Å². The molecule has 6 heteroatoms. The Balaban J connectivity index is 1.66. The highest BCUT2D eigenvalue weighted by Crippen LogP contribution is 2.25. The molecule has 150 valence electrons. The van der Waals surface area contributed by atoms with Gasteiger partial charge < -0.3 is 10.2 Å². The number of benzene rings is 2. The second-order valence-electron chi connectivity index (χ2n) is 7.61. The van der Waals surface area contributed by atoms with E-state index < -0.39 is 0 Å². The number of piperidine rings is 1. The van der Waals surface area contributed by atoms with Gasteiger partial charge in [0.25, 0.3) is 5.91 Å². The van der Waals surface area contributed by atoms with Gasteiger partial charge >= 0.3 is 0 Å². The summed E-state index contributed by atoms with van der Waals surface area (Å²) in [5.41, 5.74) is 2.36. The topological polar surface area (TPSA) is 81.9 Å². The van der Waals surface area contributed by atoms with Crippen molar-refractivity contribution in [1.29, 1.82) is 5.26 Å². The number of anilines is 2. The van der Waals surface area contributed by atoms with Crippen molar-refractivity contribution in [3.63, 3.8) is 0 Å². The molecule has 0 saturated carbocycles. The first-order chi connectivity index (χ1) is 14.6. The summed E-state index contributed by atoms with van der Waals surface area (Å²) in [5, 5.41) is 11.8. The van der Waals surface area contributed by atoms with Crippen molar-refractivity contribution >= 4 is 17.4 Å². The van der Waals surface area contributed by atoms with Crippen LogP contribution in [0.1, 0.15) is 35.8 Å². The van der Waals surface area contributed by atoms with Crippen LogP contribution >= 0.6 is 0 Å². The Morgan fingerprint density at radius 2 is 1.77 bits per heavy atom. The Hall–Kier alpha value is -3.72. The van der Waals surface area contributed by atoms with E-state index in [1.165, 1.54) is 0 Å². The number of hydrogen-bond acceptors (Lipinski definition) is 5. The molecule has 4 rings (SSSR count). The fourth-order valence-corrected chi connectivity index (χ4v) is 3.49. The monoisotopic (exact) mass is 397 g/mol. The van der Waals surface area contributed by atoms with Crippen LogP contribution in [0.25, 0.3) is 11.4 Å². The molecule has 3 aromatic rings. The molecule has 1 fully saturated rings. The normalized spacial score (nSPS) is 14.2. The van der Waals surface area contributed by atoms with Gasteiger partial charge in [0.1, 0.15) is 11.5 Å². The third-order valence-corrected chi connectivity index (χ3v) is 5.36. The lowest BCUT2D eigenvalue weighted by molar-refractivity contribution is 0.102. The van der Waals surface area contributed by atoms with Crippen molar-refractivity contribution in [3.05, 3.63) is 71.9 Å². The van der Waals surface area contributed by atoms with Gasteiger partial charge in [-0.25, -0.2) is 9.97 Å². The summed E-state index contributed by atoms with van der Waals surface area (Å²) in [6, 6.07) is 20.3. The first-order valence-corrected chi connectivity index (χ1v) is 10.1. The second kappa shape index (κ2) is 8.75. The first-order valence-electron chi connectivity index (χ1n) is 10.1. The van der Waals surface area contributed by atoms with Crippen LogP contribution in [0.2, 0.25) is 0 Å². The van der Waals surface area contributed by atoms with E-state index in [-0.39, 0.29) is 5.91 Å². The van der Waals surface area contributed by atoms with Gasteiger partial charge in [0.05, 0.1) is 11.6 Å². The van der Waals surface area contributed by atoms with Crippen LogP contribution in [0, 0.1) is 17.2 Å². The molecule has 1 aromatic heterocycles. The fourth-order valence-electron chi connectivity index (χ4n) is 3.49. The molecule has 1 N–H and O–H groups in total. The number of nitrogens with zero attached hydrogens (tertiary/aromatic N) is 4. The van der Waals surface area contributed by atoms with Crippen LogP contribution in [0.5, 0.6) is 0 Å². The quantitative estimate of drug-likeness (QED) is 0.701. The zero-order valence-corrected chi connectivity index (χ0v) is 16.9.